The van der Waals surface area contributed by atoms with E-state index in [1.54, 1.807) is 0 Å². The molecule has 2 aliphatic rings. The fourth-order valence-electron chi connectivity index (χ4n) is 3.81. The molecule has 0 bridgehead atoms. The van der Waals surface area contributed by atoms with Crippen LogP contribution in [-0.4, -0.2) is 11.8 Å². The third-order valence-corrected chi connectivity index (χ3v) is 5.55. The summed E-state index contributed by atoms with van der Waals surface area (Å²) >= 11 is 0. The summed E-state index contributed by atoms with van der Waals surface area (Å²) in [6, 6.07) is 2.02. The lowest BCUT2D eigenvalue weighted by atomic mass is 9.73. The minimum Gasteiger partial charge on any atom is -0.203 e. The first-order valence-corrected chi connectivity index (χ1v) is 8.70. The van der Waals surface area contributed by atoms with Gasteiger partial charge in [-0.25, -0.2) is 8.78 Å². The zero-order valence-electron chi connectivity index (χ0n) is 14.6. The zero-order valence-corrected chi connectivity index (χ0v) is 14.6. The summed E-state index contributed by atoms with van der Waals surface area (Å²) in [5, 5.41) is 0. The molecule has 0 saturated heterocycles. The molecule has 0 heterocycles. The summed E-state index contributed by atoms with van der Waals surface area (Å²) in [6.07, 6.45) is 4.06. The van der Waals surface area contributed by atoms with Crippen molar-refractivity contribution in [2.75, 3.05) is 0 Å². The molecule has 1 aromatic carbocycles. The number of hydrogen-bond acceptors (Lipinski definition) is 0. The van der Waals surface area contributed by atoms with Gasteiger partial charge in [-0.2, -0.15) is 17.6 Å². The van der Waals surface area contributed by atoms with Crippen molar-refractivity contribution in [3.05, 3.63) is 52.6 Å². The van der Waals surface area contributed by atoms with Gasteiger partial charge in [-0.1, -0.05) is 44.1 Å². The second kappa shape index (κ2) is 6.46. The van der Waals surface area contributed by atoms with Crippen molar-refractivity contribution < 1.29 is 26.3 Å². The van der Waals surface area contributed by atoms with Crippen LogP contribution in [0.15, 0.2) is 29.9 Å². The first-order valence-electron chi connectivity index (χ1n) is 8.70. The summed E-state index contributed by atoms with van der Waals surface area (Å²) in [6.45, 7) is 3.28. The molecule has 0 unspecified atom stereocenters. The summed E-state index contributed by atoms with van der Waals surface area (Å²) < 4.78 is 86.6. The largest absolute Gasteiger partial charge is 0.340 e. The van der Waals surface area contributed by atoms with Gasteiger partial charge in [-0.3, -0.25) is 0 Å². The Kier molecular flexibility index (Phi) is 4.74. The molecule has 6 heteroatoms. The van der Waals surface area contributed by atoms with E-state index in [-0.39, 0.29) is 5.56 Å². The quantitative estimate of drug-likeness (QED) is 0.506. The fourth-order valence-corrected chi connectivity index (χ4v) is 3.81. The van der Waals surface area contributed by atoms with Gasteiger partial charge < -0.3 is 0 Å². The van der Waals surface area contributed by atoms with Crippen LogP contribution in [0.4, 0.5) is 26.3 Å². The van der Waals surface area contributed by atoms with Crippen molar-refractivity contribution >= 4 is 5.57 Å². The van der Waals surface area contributed by atoms with Gasteiger partial charge in [0.2, 0.25) is 0 Å². The molecule has 0 radical (unpaired) electrons. The molecule has 1 fully saturated rings. The zero-order chi connectivity index (χ0) is 19.3. The van der Waals surface area contributed by atoms with Crippen LogP contribution in [0.3, 0.4) is 0 Å². The van der Waals surface area contributed by atoms with Crippen molar-refractivity contribution in [3.63, 3.8) is 0 Å². The lowest BCUT2D eigenvalue weighted by Gasteiger charge is -2.38. The maximum absolute atomic E-state index is 14.7. The number of allylic oxidation sites excluding steroid dienone is 4. The monoisotopic (exact) mass is 374 g/mol. The summed E-state index contributed by atoms with van der Waals surface area (Å²) in [5.74, 6) is -12.1. The van der Waals surface area contributed by atoms with E-state index in [0.29, 0.717) is 31.6 Å². The van der Waals surface area contributed by atoms with Gasteiger partial charge in [-0.15, -0.1) is 0 Å². The van der Waals surface area contributed by atoms with Crippen molar-refractivity contribution in [1.29, 1.82) is 0 Å². The summed E-state index contributed by atoms with van der Waals surface area (Å²) in [7, 11) is 0. The highest BCUT2D eigenvalue weighted by atomic mass is 19.3. The van der Waals surface area contributed by atoms with E-state index in [2.05, 4.69) is 0 Å². The minimum atomic E-state index is -4.61. The predicted molar refractivity (Wildman–Crippen MR) is 88.2 cm³/mol. The van der Waals surface area contributed by atoms with Crippen LogP contribution >= 0.6 is 0 Å². The van der Waals surface area contributed by atoms with Crippen molar-refractivity contribution in [1.82, 2.24) is 0 Å². The number of aryl methyl sites for hydroxylation is 1. The molecular weight excluding hydrogens is 354 g/mol. The molecule has 26 heavy (non-hydrogen) atoms. The lowest BCUT2D eigenvalue weighted by molar-refractivity contribution is -0.154. The van der Waals surface area contributed by atoms with Crippen LogP contribution in [0.25, 0.3) is 5.57 Å². The highest BCUT2D eigenvalue weighted by molar-refractivity contribution is 5.76. The van der Waals surface area contributed by atoms with Crippen molar-refractivity contribution in [3.8, 4) is 0 Å². The number of benzene rings is 1. The molecule has 0 N–H and O–H groups in total. The van der Waals surface area contributed by atoms with Gasteiger partial charge in [0, 0.05) is 16.7 Å². The topological polar surface area (TPSA) is 0 Å². The second-order valence-corrected chi connectivity index (χ2v) is 7.37. The van der Waals surface area contributed by atoms with Gasteiger partial charge in [0.1, 0.15) is 0 Å². The number of halogens is 6. The van der Waals surface area contributed by atoms with Gasteiger partial charge >= 0.3 is 11.8 Å². The van der Waals surface area contributed by atoms with Gasteiger partial charge in [0.25, 0.3) is 0 Å². The second-order valence-electron chi connectivity index (χ2n) is 7.37. The van der Waals surface area contributed by atoms with E-state index in [1.165, 1.54) is 6.92 Å². The number of hydrogen-bond donors (Lipinski definition) is 0. The van der Waals surface area contributed by atoms with Crippen LogP contribution in [0, 0.1) is 30.4 Å². The van der Waals surface area contributed by atoms with Crippen LogP contribution in [0.2, 0.25) is 0 Å². The Balaban J connectivity index is 2.07. The molecule has 0 spiro atoms. The average Bonchev–Trinajstić information content (AvgIpc) is 2.57. The normalized spacial score (nSPS) is 27.7. The smallest absolute Gasteiger partial charge is 0.203 e. The Morgan fingerprint density at radius 1 is 0.846 bits per heavy atom. The molecule has 2 aliphatic carbocycles. The molecule has 0 aliphatic heterocycles. The Labute approximate surface area is 148 Å². The number of rotatable bonds is 2. The molecule has 3 rings (SSSR count). The van der Waals surface area contributed by atoms with Crippen LogP contribution in [0.5, 0.6) is 0 Å². The molecule has 0 aromatic heterocycles. The van der Waals surface area contributed by atoms with Crippen LogP contribution < -0.4 is 0 Å². The Morgan fingerprint density at radius 3 is 2.08 bits per heavy atom. The minimum absolute atomic E-state index is 0.0784. The van der Waals surface area contributed by atoms with E-state index in [4.69, 9.17) is 0 Å². The number of alkyl halides is 4. The first-order chi connectivity index (χ1) is 12.1. The average molecular weight is 374 g/mol. The fraction of sp³-hybridized carbons (Fsp3) is 0.500. The highest BCUT2D eigenvalue weighted by Gasteiger charge is 2.63. The molecule has 0 amide bonds. The highest BCUT2D eigenvalue weighted by Crippen LogP contribution is 2.54. The predicted octanol–water partition coefficient (Wildman–Crippen LogP) is 6.69. The third-order valence-electron chi connectivity index (χ3n) is 5.55. The Morgan fingerprint density at radius 2 is 1.46 bits per heavy atom. The lowest BCUT2D eigenvalue weighted by Crippen LogP contribution is -2.47. The standard InChI is InChI=1S/C20H20F6/c1-11-3-6-13(7-4-11)15-9-10-16(20(25,26)19(15,23)24)14-8-5-12(2)17(21)18(14)22/h5,8-11,13H,3-4,6-7H2,1-2H3. The van der Waals surface area contributed by atoms with Crippen molar-refractivity contribution in [2.24, 2.45) is 11.8 Å². The SMILES string of the molecule is Cc1ccc(C2=CC=C(C3CCC(C)CC3)C(F)(F)C2(F)F)c(F)c1F. The first kappa shape index (κ1) is 19.1. The molecule has 0 nitrogen and oxygen atoms in total. The van der Waals surface area contributed by atoms with Crippen LogP contribution in [0.1, 0.15) is 43.7 Å². The van der Waals surface area contributed by atoms with Gasteiger partial charge in [0.05, 0.1) is 0 Å². The Hall–Kier alpha value is -1.72. The van der Waals surface area contributed by atoms with E-state index in [1.807, 2.05) is 6.92 Å². The van der Waals surface area contributed by atoms with Crippen LogP contribution in [-0.2, 0) is 0 Å². The van der Waals surface area contributed by atoms with Gasteiger partial charge in [-0.05, 0) is 37.2 Å². The van der Waals surface area contributed by atoms with E-state index in [9.17, 15) is 26.3 Å². The van der Waals surface area contributed by atoms with Gasteiger partial charge in [0.15, 0.2) is 11.6 Å². The molecule has 142 valence electrons. The maximum atomic E-state index is 14.7. The molecule has 1 aromatic rings. The summed E-state index contributed by atoms with van der Waals surface area (Å²) in [4.78, 5) is 0. The van der Waals surface area contributed by atoms with E-state index in [0.717, 1.165) is 24.3 Å². The third kappa shape index (κ3) is 2.87. The maximum Gasteiger partial charge on any atom is 0.340 e. The molecular formula is C20H20F6. The van der Waals surface area contributed by atoms with E-state index < -0.39 is 46.1 Å². The van der Waals surface area contributed by atoms with E-state index >= 15 is 0 Å². The molecule has 0 atom stereocenters. The Bertz CT molecular complexity index is 767. The summed E-state index contributed by atoms with van der Waals surface area (Å²) in [5.41, 5.74) is -2.70. The molecule has 1 saturated carbocycles. The van der Waals surface area contributed by atoms with Crippen molar-refractivity contribution in [2.45, 2.75) is 51.4 Å².